The first kappa shape index (κ1) is 22.6. The number of carbonyl (C=O) groups excluding carboxylic acids is 2. The molecule has 0 atom stereocenters. The standard InChI is InChI=1S/C31H27NO3/c1-31(2,3)27-18-22(15-24(35-27)14-11-19-9-12-23(32-4)13-10-19)28-29(33)25-16-20-7-5-6-8-21(20)17-26(25)30(28)34/h5-18,32H,1-4H3. The van der Waals surface area contributed by atoms with Crippen molar-refractivity contribution in [1.29, 1.82) is 0 Å². The second-order valence-corrected chi connectivity index (χ2v) is 9.85. The molecule has 0 amide bonds. The highest BCUT2D eigenvalue weighted by Gasteiger charge is 2.36. The first-order chi connectivity index (χ1) is 16.7. The van der Waals surface area contributed by atoms with Crippen LogP contribution < -0.4 is 5.32 Å². The molecule has 4 heteroatoms. The van der Waals surface area contributed by atoms with Gasteiger partial charge in [-0.05, 0) is 64.4 Å². The number of nitrogens with one attached hydrogen (secondary N) is 1. The second-order valence-electron chi connectivity index (χ2n) is 9.85. The fourth-order valence-electron chi connectivity index (χ4n) is 4.31. The van der Waals surface area contributed by atoms with Crippen molar-refractivity contribution in [3.63, 3.8) is 0 Å². The minimum atomic E-state index is -0.306. The molecule has 4 nitrogen and oxygen atoms in total. The maximum atomic E-state index is 13.5. The van der Waals surface area contributed by atoms with Crippen LogP contribution in [0.1, 0.15) is 47.1 Å². The molecule has 0 bridgehead atoms. The number of allylic oxidation sites excluding steroid dienone is 6. The second kappa shape index (κ2) is 8.55. The lowest BCUT2D eigenvalue weighted by Crippen LogP contribution is -2.16. The molecule has 174 valence electrons. The van der Waals surface area contributed by atoms with Gasteiger partial charge in [0.1, 0.15) is 11.5 Å². The molecule has 2 aliphatic rings. The topological polar surface area (TPSA) is 55.4 Å². The van der Waals surface area contributed by atoms with Gasteiger partial charge in [0, 0.05) is 29.3 Å². The number of ketones is 2. The van der Waals surface area contributed by atoms with Gasteiger partial charge in [-0.15, -0.1) is 0 Å². The molecule has 0 saturated heterocycles. The van der Waals surface area contributed by atoms with Crippen LogP contribution in [0.25, 0.3) is 16.8 Å². The molecule has 1 aliphatic carbocycles. The first-order valence-corrected chi connectivity index (χ1v) is 11.7. The maximum absolute atomic E-state index is 13.5. The monoisotopic (exact) mass is 461 g/mol. The lowest BCUT2D eigenvalue weighted by atomic mass is 9.89. The van der Waals surface area contributed by atoms with Crippen LogP contribution in [0.2, 0.25) is 0 Å². The Kier molecular flexibility index (Phi) is 5.52. The van der Waals surface area contributed by atoms with Crippen molar-refractivity contribution in [2.24, 2.45) is 5.41 Å². The Morgan fingerprint density at radius 2 is 1.40 bits per heavy atom. The van der Waals surface area contributed by atoms with Gasteiger partial charge in [-0.1, -0.05) is 63.2 Å². The molecular formula is C31H27NO3. The number of rotatable bonds is 3. The molecule has 1 heterocycles. The van der Waals surface area contributed by atoms with Crippen molar-refractivity contribution in [3.8, 4) is 0 Å². The number of hydrogen-bond acceptors (Lipinski definition) is 4. The van der Waals surface area contributed by atoms with Gasteiger partial charge in [0.15, 0.2) is 11.6 Å². The van der Waals surface area contributed by atoms with E-state index in [2.05, 4.69) is 5.32 Å². The van der Waals surface area contributed by atoms with E-state index < -0.39 is 0 Å². The zero-order valence-electron chi connectivity index (χ0n) is 20.3. The smallest absolute Gasteiger partial charge is 0.198 e. The number of ether oxygens (including phenoxy) is 1. The van der Waals surface area contributed by atoms with E-state index in [-0.39, 0.29) is 22.6 Å². The molecular weight excluding hydrogens is 434 g/mol. The van der Waals surface area contributed by atoms with Crippen molar-refractivity contribution in [3.05, 3.63) is 118 Å². The molecule has 35 heavy (non-hydrogen) atoms. The summed E-state index contributed by atoms with van der Waals surface area (Å²) >= 11 is 0. The first-order valence-electron chi connectivity index (χ1n) is 11.7. The van der Waals surface area contributed by atoms with E-state index in [1.807, 2.05) is 107 Å². The molecule has 1 N–H and O–H groups in total. The summed E-state index contributed by atoms with van der Waals surface area (Å²) in [4.78, 5) is 26.9. The van der Waals surface area contributed by atoms with E-state index in [4.69, 9.17) is 4.74 Å². The van der Waals surface area contributed by atoms with Crippen LogP contribution in [0, 0.1) is 5.41 Å². The lowest BCUT2D eigenvalue weighted by molar-refractivity contribution is 0.0987. The lowest BCUT2D eigenvalue weighted by Gasteiger charge is -2.27. The number of benzene rings is 3. The Bertz CT molecular complexity index is 1440. The summed E-state index contributed by atoms with van der Waals surface area (Å²) in [6, 6.07) is 19.4. The van der Waals surface area contributed by atoms with E-state index in [1.165, 1.54) is 0 Å². The highest BCUT2D eigenvalue weighted by atomic mass is 16.5. The zero-order valence-corrected chi connectivity index (χ0v) is 20.3. The van der Waals surface area contributed by atoms with Crippen molar-refractivity contribution in [1.82, 2.24) is 0 Å². The fourth-order valence-corrected chi connectivity index (χ4v) is 4.31. The minimum Gasteiger partial charge on any atom is -0.461 e. The SMILES string of the molecule is CNc1ccc(C=CC2=CC(=C3C(=O)c4cc5ccccc5cc4C3=O)C=C(C(C)(C)C)O2)cc1. The zero-order chi connectivity index (χ0) is 24.7. The molecule has 0 fully saturated rings. The third-order valence-corrected chi connectivity index (χ3v) is 6.31. The van der Waals surface area contributed by atoms with Gasteiger partial charge < -0.3 is 10.1 Å². The van der Waals surface area contributed by atoms with E-state index in [1.54, 1.807) is 6.08 Å². The Balaban J connectivity index is 1.59. The molecule has 0 spiro atoms. The summed E-state index contributed by atoms with van der Waals surface area (Å²) in [5.41, 5.74) is 3.45. The number of fused-ring (bicyclic) bond motifs is 2. The molecule has 3 aromatic rings. The Morgan fingerprint density at radius 1 is 0.800 bits per heavy atom. The van der Waals surface area contributed by atoms with E-state index >= 15 is 0 Å². The van der Waals surface area contributed by atoms with Crippen LogP contribution in [0.5, 0.6) is 0 Å². The highest BCUT2D eigenvalue weighted by molar-refractivity contribution is 6.41. The van der Waals surface area contributed by atoms with Crippen LogP contribution in [-0.4, -0.2) is 18.6 Å². The predicted octanol–water partition coefficient (Wildman–Crippen LogP) is 7.11. The van der Waals surface area contributed by atoms with Crippen molar-refractivity contribution >= 4 is 34.1 Å². The van der Waals surface area contributed by atoms with Gasteiger partial charge in [0.25, 0.3) is 0 Å². The number of hydrogen-bond donors (Lipinski definition) is 1. The van der Waals surface area contributed by atoms with Crippen molar-refractivity contribution in [2.45, 2.75) is 20.8 Å². The third-order valence-electron chi connectivity index (χ3n) is 6.31. The van der Waals surface area contributed by atoms with E-state index in [9.17, 15) is 9.59 Å². The van der Waals surface area contributed by atoms with E-state index in [0.717, 1.165) is 22.0 Å². The normalized spacial score (nSPS) is 15.9. The largest absolute Gasteiger partial charge is 0.461 e. The molecule has 0 saturated carbocycles. The van der Waals surface area contributed by atoms with Crippen LogP contribution in [0.3, 0.4) is 0 Å². The summed E-state index contributed by atoms with van der Waals surface area (Å²) in [6.45, 7) is 6.14. The molecule has 0 unspecified atom stereocenters. The Hall–Kier alpha value is -4.18. The van der Waals surface area contributed by atoms with E-state index in [0.29, 0.717) is 28.2 Å². The van der Waals surface area contributed by atoms with Crippen LogP contribution in [0.4, 0.5) is 5.69 Å². The van der Waals surface area contributed by atoms with Crippen molar-refractivity contribution in [2.75, 3.05) is 12.4 Å². The molecule has 5 rings (SSSR count). The van der Waals surface area contributed by atoms with Gasteiger partial charge in [0.2, 0.25) is 0 Å². The van der Waals surface area contributed by atoms with Gasteiger partial charge in [-0.3, -0.25) is 9.59 Å². The van der Waals surface area contributed by atoms with Crippen LogP contribution in [-0.2, 0) is 4.74 Å². The summed E-state index contributed by atoms with van der Waals surface area (Å²) in [6.07, 6.45) is 7.44. The number of anilines is 1. The Labute approximate surface area is 205 Å². The third kappa shape index (κ3) is 4.24. The molecule has 0 radical (unpaired) electrons. The average molecular weight is 462 g/mol. The van der Waals surface area contributed by atoms with Gasteiger partial charge in [-0.2, -0.15) is 0 Å². The van der Waals surface area contributed by atoms with Crippen LogP contribution in [0.15, 0.2) is 102 Å². The molecule has 3 aromatic carbocycles. The number of Topliss-reactive ketones (excluding diaryl/α,β-unsaturated/α-hetero) is 2. The summed E-state index contributed by atoms with van der Waals surface area (Å²) in [5, 5.41) is 5.00. The average Bonchev–Trinajstić information content (AvgIpc) is 3.10. The van der Waals surface area contributed by atoms with Gasteiger partial charge in [-0.25, -0.2) is 0 Å². The van der Waals surface area contributed by atoms with Crippen LogP contribution >= 0.6 is 0 Å². The minimum absolute atomic E-state index is 0.199. The fraction of sp³-hybridized carbons (Fsp3) is 0.161. The Morgan fingerprint density at radius 3 is 1.94 bits per heavy atom. The predicted molar refractivity (Wildman–Crippen MR) is 141 cm³/mol. The molecule has 1 aliphatic heterocycles. The van der Waals surface area contributed by atoms with Gasteiger partial charge in [0.05, 0.1) is 5.57 Å². The van der Waals surface area contributed by atoms with Gasteiger partial charge >= 0.3 is 0 Å². The maximum Gasteiger partial charge on any atom is 0.198 e. The summed E-state index contributed by atoms with van der Waals surface area (Å²) in [7, 11) is 1.88. The summed E-state index contributed by atoms with van der Waals surface area (Å²) in [5.74, 6) is 0.813. The van der Waals surface area contributed by atoms with Crippen molar-refractivity contribution < 1.29 is 14.3 Å². The summed E-state index contributed by atoms with van der Waals surface area (Å²) < 4.78 is 6.18. The molecule has 0 aromatic heterocycles. The quantitative estimate of drug-likeness (QED) is 0.333. The highest BCUT2D eigenvalue weighted by Crippen LogP contribution is 2.38. The number of carbonyl (C=O) groups is 2.